The van der Waals surface area contributed by atoms with Crippen molar-refractivity contribution in [2.24, 2.45) is 0 Å². The molecule has 0 amide bonds. The molecule has 158 valence electrons. The Balaban J connectivity index is 1.58. The number of aromatic carboxylic acids is 1. The molecule has 0 aromatic heterocycles. The Morgan fingerprint density at radius 1 is 1.13 bits per heavy atom. The highest BCUT2D eigenvalue weighted by Crippen LogP contribution is 2.63. The fourth-order valence-electron chi connectivity index (χ4n) is 2.98. The topological polar surface area (TPSA) is 122 Å². The van der Waals surface area contributed by atoms with E-state index < -0.39 is 24.7 Å². The average Bonchev–Trinajstić information content (AvgIpc) is 3.59. The van der Waals surface area contributed by atoms with Crippen LogP contribution in [0.25, 0.3) is 0 Å². The molecular formula is C19H20N3O7P. The van der Waals surface area contributed by atoms with E-state index in [0.717, 1.165) is 26.2 Å². The molecule has 2 heterocycles. The molecule has 11 heteroatoms. The lowest BCUT2D eigenvalue weighted by molar-refractivity contribution is -0.385. The van der Waals surface area contributed by atoms with Gasteiger partial charge in [-0.1, -0.05) is 0 Å². The lowest BCUT2D eigenvalue weighted by Gasteiger charge is -2.24. The van der Waals surface area contributed by atoms with Crippen LogP contribution in [0.3, 0.4) is 0 Å². The Morgan fingerprint density at radius 3 is 2.23 bits per heavy atom. The van der Waals surface area contributed by atoms with E-state index in [0.29, 0.717) is 5.56 Å². The van der Waals surface area contributed by atoms with Crippen LogP contribution in [0, 0.1) is 10.1 Å². The first kappa shape index (κ1) is 20.5. The maximum absolute atomic E-state index is 13.2. The molecule has 30 heavy (non-hydrogen) atoms. The van der Waals surface area contributed by atoms with Gasteiger partial charge < -0.3 is 9.84 Å². The molecule has 2 aromatic carbocycles. The van der Waals surface area contributed by atoms with Gasteiger partial charge in [-0.2, -0.15) is 0 Å². The molecule has 10 nitrogen and oxygen atoms in total. The summed E-state index contributed by atoms with van der Waals surface area (Å²) in [4.78, 5) is 21.8. The average molecular weight is 433 g/mol. The molecule has 0 bridgehead atoms. The van der Waals surface area contributed by atoms with Crippen molar-refractivity contribution in [2.45, 2.75) is 13.0 Å². The zero-order valence-electron chi connectivity index (χ0n) is 16.1. The summed E-state index contributed by atoms with van der Waals surface area (Å²) >= 11 is 0. The fourth-order valence-corrected chi connectivity index (χ4v) is 5.33. The third-order valence-corrected chi connectivity index (χ3v) is 7.66. The Kier molecular flexibility index (Phi) is 5.33. The van der Waals surface area contributed by atoms with Crippen molar-refractivity contribution in [3.63, 3.8) is 0 Å². The van der Waals surface area contributed by atoms with Crippen LogP contribution < -0.4 is 4.74 Å². The van der Waals surface area contributed by atoms with Gasteiger partial charge in [0.15, 0.2) is 0 Å². The number of benzene rings is 2. The van der Waals surface area contributed by atoms with Crippen molar-refractivity contribution < 1.29 is 28.7 Å². The Labute approximate surface area is 172 Å². The summed E-state index contributed by atoms with van der Waals surface area (Å²) in [6.07, 6.45) is -0.574. The van der Waals surface area contributed by atoms with Crippen molar-refractivity contribution in [3.05, 3.63) is 63.7 Å². The van der Waals surface area contributed by atoms with E-state index in [1.165, 1.54) is 36.4 Å². The molecule has 1 N–H and O–H groups in total. The van der Waals surface area contributed by atoms with Crippen LogP contribution >= 0.6 is 7.67 Å². The maximum Gasteiger partial charge on any atom is 0.346 e. The zero-order chi connectivity index (χ0) is 21.5. The van der Waals surface area contributed by atoms with E-state index in [1.807, 2.05) is 0 Å². The highest BCUT2D eigenvalue weighted by molar-refractivity contribution is 7.54. The van der Waals surface area contributed by atoms with Crippen LogP contribution in [0.15, 0.2) is 42.5 Å². The fraction of sp³-hybridized carbons (Fsp3) is 0.316. The van der Waals surface area contributed by atoms with Gasteiger partial charge in [0.2, 0.25) is 5.75 Å². The number of carboxylic acids is 1. The normalized spacial score (nSPS) is 17.4. The first-order valence-corrected chi connectivity index (χ1v) is 10.9. The number of nitrogens with zero attached hydrogens (tertiary/aromatic N) is 3. The number of carbonyl (C=O) groups is 1. The van der Waals surface area contributed by atoms with Crippen molar-refractivity contribution in [3.8, 4) is 11.5 Å². The second-order valence-corrected chi connectivity index (χ2v) is 9.38. The first-order chi connectivity index (χ1) is 14.3. The smallest absolute Gasteiger partial charge is 0.346 e. The van der Waals surface area contributed by atoms with E-state index >= 15 is 0 Å². The number of carboxylic acid groups (broad SMARTS) is 1. The van der Waals surface area contributed by atoms with Crippen LogP contribution in [0.4, 0.5) is 5.69 Å². The van der Waals surface area contributed by atoms with Crippen molar-refractivity contribution in [2.75, 3.05) is 26.2 Å². The highest BCUT2D eigenvalue weighted by atomic mass is 31.2. The van der Waals surface area contributed by atoms with Crippen molar-refractivity contribution in [1.82, 2.24) is 9.34 Å². The van der Waals surface area contributed by atoms with Gasteiger partial charge in [0.25, 0.3) is 0 Å². The largest absolute Gasteiger partial charge is 0.478 e. The van der Waals surface area contributed by atoms with Gasteiger partial charge >= 0.3 is 19.3 Å². The van der Waals surface area contributed by atoms with Crippen LogP contribution in [0.1, 0.15) is 28.9 Å². The van der Waals surface area contributed by atoms with Gasteiger partial charge in [-0.25, -0.2) is 14.1 Å². The summed E-state index contributed by atoms with van der Waals surface area (Å²) in [6.45, 7) is 4.64. The molecule has 0 aliphatic carbocycles. The minimum absolute atomic E-state index is 0.00989. The number of nitro groups is 1. The molecule has 0 radical (unpaired) electrons. The van der Waals surface area contributed by atoms with Gasteiger partial charge in [0, 0.05) is 32.2 Å². The SMILES string of the molecule is CC(OP(=O)(N1CC1)N1CC1)c1ccc([N+](=O)[O-])c(Oc2ccc(C(=O)O)cc2)c1. The summed E-state index contributed by atoms with van der Waals surface area (Å²) in [5.74, 6) is -0.834. The van der Waals surface area contributed by atoms with Gasteiger partial charge in [0.05, 0.1) is 16.6 Å². The molecule has 2 aliphatic heterocycles. The van der Waals surface area contributed by atoms with Crippen molar-refractivity contribution in [1.29, 1.82) is 0 Å². The minimum atomic E-state index is -3.05. The number of hydrogen-bond acceptors (Lipinski definition) is 6. The van der Waals surface area contributed by atoms with Gasteiger partial charge in [-0.05, 0) is 48.9 Å². The quantitative estimate of drug-likeness (QED) is 0.271. The van der Waals surface area contributed by atoms with Gasteiger partial charge in [-0.15, -0.1) is 0 Å². The number of ether oxygens (including phenoxy) is 1. The van der Waals surface area contributed by atoms with E-state index in [9.17, 15) is 19.5 Å². The standard InChI is InChI=1S/C19H20N3O7P/c1-13(29-30(27,20-8-9-20)21-10-11-21)15-4-7-17(22(25)26)18(12-15)28-16-5-2-14(3-6-16)19(23)24/h2-7,12-13H,8-11H2,1H3,(H,23,24). The van der Waals surface area contributed by atoms with E-state index in [-0.39, 0.29) is 22.7 Å². The molecule has 2 aliphatic rings. The summed E-state index contributed by atoms with van der Waals surface area (Å²) in [7, 11) is -3.05. The second-order valence-electron chi connectivity index (χ2n) is 7.06. The number of rotatable bonds is 9. The van der Waals surface area contributed by atoms with Crippen LogP contribution in [-0.2, 0) is 9.09 Å². The maximum atomic E-state index is 13.2. The molecule has 2 fully saturated rings. The predicted octanol–water partition coefficient (Wildman–Crippen LogP) is 3.90. The Morgan fingerprint density at radius 2 is 1.73 bits per heavy atom. The minimum Gasteiger partial charge on any atom is -0.478 e. The van der Waals surface area contributed by atoms with Crippen molar-refractivity contribution >= 4 is 19.3 Å². The molecule has 0 spiro atoms. The Hall–Kier alpha value is -2.78. The third kappa shape index (κ3) is 4.22. The molecule has 2 saturated heterocycles. The van der Waals surface area contributed by atoms with Gasteiger partial charge in [-0.3, -0.25) is 19.2 Å². The molecule has 0 saturated carbocycles. The first-order valence-electron chi connectivity index (χ1n) is 9.37. The van der Waals surface area contributed by atoms with Gasteiger partial charge in [0.1, 0.15) is 5.75 Å². The monoisotopic (exact) mass is 433 g/mol. The molecule has 1 atom stereocenters. The second kappa shape index (κ2) is 7.81. The van der Waals surface area contributed by atoms with E-state index in [2.05, 4.69) is 0 Å². The molecule has 4 rings (SSSR count). The van der Waals surface area contributed by atoms with E-state index in [1.54, 1.807) is 22.3 Å². The summed E-state index contributed by atoms with van der Waals surface area (Å²) in [5.41, 5.74) is 0.420. The summed E-state index contributed by atoms with van der Waals surface area (Å²) < 4.78 is 28.4. The summed E-state index contributed by atoms with van der Waals surface area (Å²) in [6, 6.07) is 9.91. The Bertz CT molecular complexity index is 1020. The third-order valence-electron chi connectivity index (χ3n) is 4.84. The van der Waals surface area contributed by atoms with Crippen LogP contribution in [0.5, 0.6) is 11.5 Å². The highest BCUT2D eigenvalue weighted by Gasteiger charge is 2.50. The molecule has 1 unspecified atom stereocenters. The van der Waals surface area contributed by atoms with Crippen LogP contribution in [-0.4, -0.2) is 51.5 Å². The summed E-state index contributed by atoms with van der Waals surface area (Å²) in [5, 5.41) is 20.4. The molecule has 2 aromatic rings. The number of nitro benzene ring substituents is 1. The number of hydrogen-bond donors (Lipinski definition) is 1. The lowest BCUT2D eigenvalue weighted by Crippen LogP contribution is -2.10. The lowest BCUT2D eigenvalue weighted by atomic mass is 10.1. The molecular weight excluding hydrogens is 413 g/mol. The van der Waals surface area contributed by atoms with E-state index in [4.69, 9.17) is 14.4 Å². The van der Waals surface area contributed by atoms with Crippen LogP contribution in [0.2, 0.25) is 0 Å². The zero-order valence-corrected chi connectivity index (χ0v) is 17.0. The predicted molar refractivity (Wildman–Crippen MR) is 107 cm³/mol.